The highest BCUT2D eigenvalue weighted by molar-refractivity contribution is 5.82. The first-order valence-electron chi connectivity index (χ1n) is 7.71. The zero-order valence-electron chi connectivity index (χ0n) is 12.5. The molecule has 1 aliphatic rings. The first-order valence-corrected chi connectivity index (χ1v) is 7.71. The molecule has 0 saturated carbocycles. The second-order valence-corrected chi connectivity index (χ2v) is 5.71. The van der Waals surface area contributed by atoms with Gasteiger partial charge in [-0.3, -0.25) is 4.90 Å². The van der Waals surface area contributed by atoms with Crippen LogP contribution in [0, 0.1) is 0 Å². The molecule has 0 spiro atoms. The summed E-state index contributed by atoms with van der Waals surface area (Å²) in [5.41, 5.74) is 2.34. The van der Waals surface area contributed by atoms with Crippen LogP contribution in [0.4, 0.5) is 0 Å². The summed E-state index contributed by atoms with van der Waals surface area (Å²) in [7, 11) is 2.00. The van der Waals surface area contributed by atoms with Gasteiger partial charge in [-0.15, -0.1) is 0 Å². The van der Waals surface area contributed by atoms with Crippen LogP contribution in [0.5, 0.6) is 0 Å². The first kappa shape index (κ1) is 13.7. The van der Waals surface area contributed by atoms with E-state index in [4.69, 9.17) is 4.42 Å². The van der Waals surface area contributed by atoms with Crippen LogP contribution in [0.1, 0.15) is 37.5 Å². The van der Waals surface area contributed by atoms with Gasteiger partial charge >= 0.3 is 0 Å². The van der Waals surface area contributed by atoms with Gasteiger partial charge in [-0.05, 0) is 38.9 Å². The number of rotatable bonds is 5. The van der Waals surface area contributed by atoms with Gasteiger partial charge in [0.2, 0.25) is 0 Å². The maximum Gasteiger partial charge on any atom is 0.134 e. The molecule has 3 heteroatoms. The number of likely N-dealkylation sites (tertiary alicyclic amines) is 1. The summed E-state index contributed by atoms with van der Waals surface area (Å²) < 4.78 is 6.12. The topological polar surface area (TPSA) is 28.4 Å². The van der Waals surface area contributed by atoms with Crippen molar-refractivity contribution in [1.29, 1.82) is 0 Å². The Hall–Kier alpha value is -1.32. The standard InChI is InChI=1S/C17H24N2O/c1-3-13-7-6-10-19(13)12-17-15(11-18-2)14-8-4-5-9-16(14)20-17/h4-5,8-9,13,18H,3,6-7,10-12H2,1-2H3. The maximum absolute atomic E-state index is 6.12. The Kier molecular flexibility index (Phi) is 4.08. The normalized spacial score (nSPS) is 20.0. The van der Waals surface area contributed by atoms with Gasteiger partial charge in [0.15, 0.2) is 0 Å². The average Bonchev–Trinajstić information content (AvgIpc) is 3.05. The van der Waals surface area contributed by atoms with E-state index in [0.717, 1.165) is 30.5 Å². The smallest absolute Gasteiger partial charge is 0.134 e. The molecule has 0 radical (unpaired) electrons. The molecule has 3 rings (SSSR count). The fourth-order valence-corrected chi connectivity index (χ4v) is 3.40. The largest absolute Gasteiger partial charge is 0.459 e. The van der Waals surface area contributed by atoms with Gasteiger partial charge in [0.1, 0.15) is 11.3 Å². The van der Waals surface area contributed by atoms with Crippen LogP contribution < -0.4 is 5.32 Å². The zero-order valence-corrected chi connectivity index (χ0v) is 12.5. The summed E-state index contributed by atoms with van der Waals surface area (Å²) in [6.07, 6.45) is 3.89. The Morgan fingerprint density at radius 3 is 3.00 bits per heavy atom. The molecule has 1 atom stereocenters. The number of nitrogens with one attached hydrogen (secondary N) is 1. The lowest BCUT2D eigenvalue weighted by Gasteiger charge is -2.22. The van der Waals surface area contributed by atoms with E-state index < -0.39 is 0 Å². The van der Waals surface area contributed by atoms with Crippen LogP contribution in [-0.2, 0) is 13.1 Å². The van der Waals surface area contributed by atoms with Gasteiger partial charge in [-0.2, -0.15) is 0 Å². The van der Waals surface area contributed by atoms with Gasteiger partial charge in [-0.1, -0.05) is 25.1 Å². The summed E-state index contributed by atoms with van der Waals surface area (Å²) in [6, 6.07) is 9.09. The summed E-state index contributed by atoms with van der Waals surface area (Å²) in [6.45, 7) is 5.31. The van der Waals surface area contributed by atoms with Crippen LogP contribution in [0.25, 0.3) is 11.0 Å². The minimum Gasteiger partial charge on any atom is -0.459 e. The van der Waals surface area contributed by atoms with E-state index in [1.54, 1.807) is 0 Å². The van der Waals surface area contributed by atoms with Crippen LogP contribution >= 0.6 is 0 Å². The molecule has 0 bridgehead atoms. The Balaban J connectivity index is 1.91. The quantitative estimate of drug-likeness (QED) is 0.902. The van der Waals surface area contributed by atoms with E-state index >= 15 is 0 Å². The highest BCUT2D eigenvalue weighted by Crippen LogP contribution is 2.29. The minimum absolute atomic E-state index is 0.727. The Labute approximate surface area is 120 Å². The van der Waals surface area contributed by atoms with E-state index in [0.29, 0.717) is 0 Å². The van der Waals surface area contributed by atoms with Crippen LogP contribution in [0.3, 0.4) is 0 Å². The van der Waals surface area contributed by atoms with Crippen molar-refractivity contribution in [3.8, 4) is 0 Å². The number of benzene rings is 1. The Morgan fingerprint density at radius 1 is 1.35 bits per heavy atom. The van der Waals surface area contributed by atoms with Crippen molar-refractivity contribution in [2.24, 2.45) is 0 Å². The van der Waals surface area contributed by atoms with Gasteiger partial charge in [0, 0.05) is 23.5 Å². The molecule has 108 valence electrons. The second kappa shape index (κ2) is 5.98. The molecule has 2 heterocycles. The molecule has 2 aromatic rings. The van der Waals surface area contributed by atoms with Crippen LogP contribution in [0.15, 0.2) is 28.7 Å². The lowest BCUT2D eigenvalue weighted by molar-refractivity contribution is 0.222. The minimum atomic E-state index is 0.727. The molecule has 1 fully saturated rings. The second-order valence-electron chi connectivity index (χ2n) is 5.71. The van der Waals surface area contributed by atoms with Crippen molar-refractivity contribution < 1.29 is 4.42 Å². The van der Waals surface area contributed by atoms with Crippen molar-refractivity contribution in [3.05, 3.63) is 35.6 Å². The van der Waals surface area contributed by atoms with E-state index in [9.17, 15) is 0 Å². The molecule has 0 aliphatic carbocycles. The monoisotopic (exact) mass is 272 g/mol. The van der Waals surface area contributed by atoms with Gasteiger partial charge in [-0.25, -0.2) is 0 Å². The Morgan fingerprint density at radius 2 is 2.20 bits per heavy atom. The summed E-state index contributed by atoms with van der Waals surface area (Å²) in [5.74, 6) is 1.14. The fraction of sp³-hybridized carbons (Fsp3) is 0.529. The number of furan rings is 1. The molecule has 1 aromatic heterocycles. The number of hydrogen-bond acceptors (Lipinski definition) is 3. The molecule has 1 saturated heterocycles. The van der Waals surface area contributed by atoms with Crippen molar-refractivity contribution in [2.75, 3.05) is 13.6 Å². The first-order chi connectivity index (χ1) is 9.83. The predicted octanol–water partition coefficient (Wildman–Crippen LogP) is 3.53. The third-order valence-electron chi connectivity index (χ3n) is 4.45. The average molecular weight is 272 g/mol. The van der Waals surface area contributed by atoms with Crippen molar-refractivity contribution in [1.82, 2.24) is 10.2 Å². The fourth-order valence-electron chi connectivity index (χ4n) is 3.40. The van der Waals surface area contributed by atoms with E-state index in [1.807, 2.05) is 13.1 Å². The number of para-hydroxylation sites is 1. The summed E-state index contributed by atoms with van der Waals surface area (Å²) in [5, 5.41) is 4.53. The number of fused-ring (bicyclic) bond motifs is 1. The highest BCUT2D eigenvalue weighted by atomic mass is 16.3. The van der Waals surface area contributed by atoms with Gasteiger partial charge in [0.25, 0.3) is 0 Å². The molecule has 1 aliphatic heterocycles. The number of nitrogens with zero attached hydrogens (tertiary/aromatic N) is 1. The van der Waals surface area contributed by atoms with Gasteiger partial charge in [0.05, 0.1) is 6.54 Å². The maximum atomic E-state index is 6.12. The van der Waals surface area contributed by atoms with Crippen LogP contribution in [-0.4, -0.2) is 24.5 Å². The van der Waals surface area contributed by atoms with Crippen LogP contribution in [0.2, 0.25) is 0 Å². The SMILES string of the molecule is CCC1CCCN1Cc1oc2ccccc2c1CNC. The lowest BCUT2D eigenvalue weighted by Crippen LogP contribution is -2.28. The molecular formula is C17H24N2O. The van der Waals surface area contributed by atoms with Crippen molar-refractivity contribution in [2.45, 2.75) is 45.3 Å². The lowest BCUT2D eigenvalue weighted by atomic mass is 10.1. The molecule has 1 N–H and O–H groups in total. The molecule has 1 unspecified atom stereocenters. The van der Waals surface area contributed by atoms with E-state index in [-0.39, 0.29) is 0 Å². The van der Waals surface area contributed by atoms with Crippen molar-refractivity contribution >= 4 is 11.0 Å². The van der Waals surface area contributed by atoms with E-state index in [1.165, 1.54) is 36.8 Å². The number of hydrogen-bond donors (Lipinski definition) is 1. The predicted molar refractivity (Wildman–Crippen MR) is 82.7 cm³/mol. The molecule has 0 amide bonds. The molecule has 20 heavy (non-hydrogen) atoms. The summed E-state index contributed by atoms with van der Waals surface area (Å²) in [4.78, 5) is 2.58. The van der Waals surface area contributed by atoms with E-state index in [2.05, 4.69) is 35.3 Å². The van der Waals surface area contributed by atoms with Crippen molar-refractivity contribution in [3.63, 3.8) is 0 Å². The summed E-state index contributed by atoms with van der Waals surface area (Å²) >= 11 is 0. The molecule has 3 nitrogen and oxygen atoms in total. The zero-order chi connectivity index (χ0) is 13.9. The van der Waals surface area contributed by atoms with Gasteiger partial charge < -0.3 is 9.73 Å². The molecule has 1 aromatic carbocycles. The molecular weight excluding hydrogens is 248 g/mol. The Bertz CT molecular complexity index is 575. The third-order valence-corrected chi connectivity index (χ3v) is 4.45. The third kappa shape index (κ3) is 2.48. The highest BCUT2D eigenvalue weighted by Gasteiger charge is 2.25.